The molecule has 0 heterocycles. The summed E-state index contributed by atoms with van der Waals surface area (Å²) in [5.41, 5.74) is 0. The molecule has 0 atom stereocenters. The van der Waals surface area contributed by atoms with Gasteiger partial charge in [-0.05, 0) is 0 Å². The summed E-state index contributed by atoms with van der Waals surface area (Å²) in [4.78, 5) is 14.3. The second-order valence-electron chi connectivity index (χ2n) is 0.283. The quantitative estimate of drug-likeness (QED) is 0.369. The molecule has 0 radical (unpaired) electrons. The summed E-state index contributed by atoms with van der Waals surface area (Å²) in [5, 5.41) is 0. The Bertz CT molecular complexity index is 37.5. The first-order valence-electron chi connectivity index (χ1n) is 0.651. The predicted molar refractivity (Wildman–Crippen MR) is 33.7 cm³/mol. The molecule has 74 valence electrons. The van der Waals surface area contributed by atoms with Gasteiger partial charge < -0.3 is 43.9 Å². The molecule has 0 aliphatic carbocycles. The molecule has 0 aromatic heterocycles. The first kappa shape index (κ1) is 107. The van der Waals surface area contributed by atoms with Crippen LogP contribution in [0.25, 0.3) is 0 Å². The third kappa shape index (κ3) is 5130. The third-order valence-corrected chi connectivity index (χ3v) is 0. The summed E-state index contributed by atoms with van der Waals surface area (Å²) < 4.78 is 8.74. The van der Waals surface area contributed by atoms with Crippen LogP contribution in [0.1, 0.15) is 1.43 Å². The van der Waals surface area contributed by atoms with E-state index in [2.05, 4.69) is 0 Å². The summed E-state index contributed by atoms with van der Waals surface area (Å²) in [6.45, 7) is 0. The van der Waals surface area contributed by atoms with Gasteiger partial charge in [0.1, 0.15) is 0 Å². The monoisotopic (exact) mass is 210 g/mol. The Morgan fingerprint density at radius 1 is 0.818 bits per heavy atom. The smallest absolute Gasteiger partial charge is 1.00 e. The van der Waals surface area contributed by atoms with Crippen molar-refractivity contribution in [2.75, 3.05) is 0 Å². The van der Waals surface area contributed by atoms with E-state index in [4.69, 9.17) is 14.1 Å². The van der Waals surface area contributed by atoms with Crippen LogP contribution in [0.15, 0.2) is 0 Å². The molecule has 9 nitrogen and oxygen atoms in total. The van der Waals surface area contributed by atoms with Crippen LogP contribution in [-0.4, -0.2) is 51.6 Å². The van der Waals surface area contributed by atoms with Gasteiger partial charge in [-0.2, -0.15) is 0 Å². The van der Waals surface area contributed by atoms with Crippen LogP contribution in [0, 0.1) is 0 Å². The van der Waals surface area contributed by atoms with Gasteiger partial charge in [-0.3, -0.25) is 4.46 Å². The van der Waals surface area contributed by atoms with Crippen molar-refractivity contribution in [3.63, 3.8) is 0 Å². The van der Waals surface area contributed by atoms with E-state index >= 15 is 0 Å². The molecule has 11 heavy (non-hydrogen) atoms. The van der Waals surface area contributed by atoms with Crippen molar-refractivity contribution in [2.45, 2.75) is 0 Å². The van der Waals surface area contributed by atoms with Crippen molar-refractivity contribution in [1.82, 2.24) is 0 Å². The Morgan fingerprint density at radius 3 is 0.818 bits per heavy atom. The Morgan fingerprint density at radius 2 is 0.818 bits per heavy atom. The van der Waals surface area contributed by atoms with Gasteiger partial charge in [0.05, 0.1) is 0 Å². The number of hydrogen-bond acceptors (Lipinski definition) is 1. The van der Waals surface area contributed by atoms with Gasteiger partial charge in [-0.1, -0.05) is 0 Å². The molecule has 0 aliphatic rings. The van der Waals surface area contributed by atoms with Gasteiger partial charge in [0.2, 0.25) is 0 Å². The average molecular weight is 210 g/mol. The van der Waals surface area contributed by atoms with Gasteiger partial charge in [-0.15, -0.1) is 0 Å². The Hall–Kier alpha value is 0.377. The molecular weight excluding hydrogens is 195 g/mol. The predicted octanol–water partition coefficient (Wildman–Crippen LogP) is -9.45. The molecule has 0 spiro atoms. The zero-order valence-electron chi connectivity index (χ0n) is 6.80. The summed E-state index contributed by atoms with van der Waals surface area (Å²) >= 11 is 0. The minimum Gasteiger partial charge on any atom is -1.00 e. The van der Waals surface area contributed by atoms with Crippen LogP contribution in [0.2, 0.25) is 0 Å². The minimum absolute atomic E-state index is 0. The second kappa shape index (κ2) is 80.0. The topological polar surface area (TPSA) is 247 Å². The summed E-state index contributed by atoms with van der Waals surface area (Å²) in [7, 11) is -3.13. The van der Waals surface area contributed by atoms with E-state index in [1.165, 1.54) is 0 Å². The summed E-state index contributed by atoms with van der Waals surface area (Å²) in [6.07, 6.45) is 0. The maximum absolute atomic E-state index is 8.74. The largest absolute Gasteiger partial charge is 1.00 e. The van der Waals surface area contributed by atoms with E-state index in [0.717, 1.165) is 0 Å². The van der Waals surface area contributed by atoms with Crippen LogP contribution in [0.4, 0.5) is 0 Å². The summed E-state index contributed by atoms with van der Waals surface area (Å²) in [5.74, 6) is 0. The molecule has 0 saturated heterocycles. The van der Waals surface area contributed by atoms with Crippen LogP contribution in [-0.2, 0) is 4.46 Å². The van der Waals surface area contributed by atoms with E-state index < -0.39 is 9.17 Å². The fourth-order valence-corrected chi connectivity index (χ4v) is 0. The van der Waals surface area contributed by atoms with Crippen molar-refractivity contribution in [3.8, 4) is 0 Å². The van der Waals surface area contributed by atoms with Crippen molar-refractivity contribution < 1.29 is 77.9 Å². The molecule has 0 aliphatic heterocycles. The van der Waals surface area contributed by atoms with Gasteiger partial charge in [0, 0.05) is 0 Å². The zero-order valence-corrected chi connectivity index (χ0v) is 8.80. The Labute approximate surface area is 87.2 Å². The maximum atomic E-state index is 8.74. The normalized spacial score (nSPS) is 2.18. The average Bonchev–Trinajstić information content (AvgIpc) is 0.811. The molecule has 0 rings (SSSR count). The van der Waals surface area contributed by atoms with Crippen molar-refractivity contribution in [1.29, 1.82) is 0 Å². The maximum Gasteiger partial charge on any atom is 1.00 e. The minimum atomic E-state index is -3.13. The fraction of sp³-hybridized carbons (Fsp3) is 0. The van der Waals surface area contributed by atoms with Crippen LogP contribution >= 0.6 is 0 Å². The zero-order chi connectivity index (χ0) is 3.58. The molecule has 0 aromatic rings. The SMILES string of the molecule is O.O.O.O.O.O.O=[Si](O)O.[H-].[Na+]. The van der Waals surface area contributed by atoms with Crippen LogP contribution < -0.4 is 29.6 Å². The van der Waals surface area contributed by atoms with Crippen molar-refractivity contribution in [2.24, 2.45) is 0 Å². The van der Waals surface area contributed by atoms with E-state index in [1.54, 1.807) is 0 Å². The van der Waals surface area contributed by atoms with Crippen LogP contribution in [0.5, 0.6) is 0 Å². The van der Waals surface area contributed by atoms with Crippen molar-refractivity contribution in [3.05, 3.63) is 0 Å². The molecule has 14 N–H and O–H groups in total. The molecule has 0 amide bonds. The first-order valence-corrected chi connectivity index (χ1v) is 1.95. The molecule has 0 bridgehead atoms. The molecule has 0 fully saturated rings. The Balaban J connectivity index is -0.00000000161. The Kier molecular flexibility index (Phi) is 781. The van der Waals surface area contributed by atoms with Gasteiger partial charge in [-0.25, -0.2) is 0 Å². The number of rotatable bonds is 0. The second-order valence-corrected chi connectivity index (χ2v) is 0.848. The van der Waals surface area contributed by atoms with Gasteiger partial charge in [0.25, 0.3) is 0 Å². The van der Waals surface area contributed by atoms with E-state index in [0.29, 0.717) is 0 Å². The van der Waals surface area contributed by atoms with E-state index in [-0.39, 0.29) is 63.8 Å². The molecular formula is H15NaO9Si. The molecule has 11 heteroatoms. The van der Waals surface area contributed by atoms with E-state index in [9.17, 15) is 0 Å². The van der Waals surface area contributed by atoms with E-state index in [1.807, 2.05) is 0 Å². The van der Waals surface area contributed by atoms with Gasteiger partial charge in [0.15, 0.2) is 0 Å². The molecule has 0 unspecified atom stereocenters. The number of hydrogen-bond donors (Lipinski definition) is 2. The van der Waals surface area contributed by atoms with Crippen LogP contribution in [0.3, 0.4) is 0 Å². The fourth-order valence-electron chi connectivity index (χ4n) is 0. The molecule has 0 aromatic carbocycles. The molecule has 0 saturated carbocycles. The van der Waals surface area contributed by atoms with Crippen molar-refractivity contribution >= 4 is 9.17 Å². The van der Waals surface area contributed by atoms with Gasteiger partial charge >= 0.3 is 38.7 Å². The standard InChI is InChI=1S/Na.H2O3Si.6H2O.H/c;1-4(2)3;;;;;;;/h;1-2H;6*1H2;/q+1;;;;;;;;-1. The first-order chi connectivity index (χ1) is 1.73. The third-order valence-electron chi connectivity index (χ3n) is 0. The summed E-state index contributed by atoms with van der Waals surface area (Å²) in [6, 6.07) is 0.